The van der Waals surface area contributed by atoms with Crippen LogP contribution in [-0.4, -0.2) is 44.3 Å². The summed E-state index contributed by atoms with van der Waals surface area (Å²) in [5, 5.41) is 28.3. The van der Waals surface area contributed by atoms with Gasteiger partial charge in [-0.25, -0.2) is 0 Å². The van der Waals surface area contributed by atoms with Crippen LogP contribution in [-0.2, 0) is 9.59 Å². The lowest BCUT2D eigenvalue weighted by molar-refractivity contribution is -0.496. The van der Waals surface area contributed by atoms with Crippen LogP contribution in [0.3, 0.4) is 0 Å². The topological polar surface area (TPSA) is 158 Å². The van der Waals surface area contributed by atoms with Crippen molar-refractivity contribution in [2.45, 2.75) is 12.8 Å². The van der Waals surface area contributed by atoms with Crippen LogP contribution in [0.4, 0.5) is 16.2 Å². The van der Waals surface area contributed by atoms with Crippen LogP contribution in [0.5, 0.6) is 0 Å². The number of amides is 2. The van der Waals surface area contributed by atoms with Gasteiger partial charge in [-0.1, -0.05) is 0 Å². The lowest BCUT2D eigenvalue weighted by Gasteiger charge is -2.10. The maximum Gasteiger partial charge on any atom is 0.303 e. The van der Waals surface area contributed by atoms with Gasteiger partial charge in [-0.2, -0.15) is 0 Å². The van der Waals surface area contributed by atoms with E-state index in [9.17, 15) is 24.5 Å². The van der Waals surface area contributed by atoms with Gasteiger partial charge in [0.2, 0.25) is 0 Å². The quantitative estimate of drug-likeness (QED) is 0.186. The minimum absolute atomic E-state index is 0.00537. The van der Waals surface area contributed by atoms with E-state index in [1.54, 1.807) is 23.6 Å². The molecule has 0 unspecified atom stereocenters. The molecule has 0 radical (unpaired) electrons. The third-order valence-electron chi connectivity index (χ3n) is 3.60. The number of carbonyl (C=O) groups is 3. The molecular weight excluding hydrogens is 388 g/mol. The second-order valence-corrected chi connectivity index (χ2v) is 6.65. The molecule has 10 nitrogen and oxygen atoms in total. The summed E-state index contributed by atoms with van der Waals surface area (Å²) in [5.41, 5.74) is 0.676. The van der Waals surface area contributed by atoms with Crippen molar-refractivity contribution in [3.05, 3.63) is 57.6 Å². The first kappa shape index (κ1) is 21.0. The Morgan fingerprint density at radius 1 is 1.32 bits per heavy atom. The SMILES string of the molecule is N=C(/C=C\[NH2+]c1ccc([N+](=O)[O-])cc1)/C=C1\SC(=O)N(CCCC(=O)O)C1=O. The molecule has 1 saturated heterocycles. The van der Waals surface area contributed by atoms with Crippen LogP contribution >= 0.6 is 11.8 Å². The molecule has 1 aliphatic rings. The highest BCUT2D eigenvalue weighted by molar-refractivity contribution is 8.18. The molecule has 0 atom stereocenters. The van der Waals surface area contributed by atoms with Gasteiger partial charge in [-0.05, 0) is 24.3 Å². The summed E-state index contributed by atoms with van der Waals surface area (Å²) < 4.78 is 0. The molecule has 11 heteroatoms. The number of nitrogens with zero attached hydrogens (tertiary/aromatic N) is 2. The first-order valence-electron chi connectivity index (χ1n) is 8.09. The molecular formula is C17H17N4O6S+. The highest BCUT2D eigenvalue weighted by Gasteiger charge is 2.34. The number of nitrogens with one attached hydrogen (secondary N) is 1. The van der Waals surface area contributed by atoms with E-state index < -0.39 is 22.0 Å². The van der Waals surface area contributed by atoms with Crippen LogP contribution in [0.25, 0.3) is 0 Å². The van der Waals surface area contributed by atoms with Gasteiger partial charge >= 0.3 is 5.97 Å². The summed E-state index contributed by atoms with van der Waals surface area (Å²) in [7, 11) is 0. The van der Waals surface area contributed by atoms with E-state index in [2.05, 4.69) is 0 Å². The predicted octanol–water partition coefficient (Wildman–Crippen LogP) is 1.77. The Kier molecular flexibility index (Phi) is 7.18. The molecule has 28 heavy (non-hydrogen) atoms. The molecule has 4 N–H and O–H groups in total. The standard InChI is InChI=1S/C17H16N4O6S/c18-11(7-8-19-12-3-5-13(6-4-12)21(26)27)10-14-16(24)20(17(25)28-14)9-1-2-15(22)23/h3-8,10,18-19H,1-2,9H2,(H,22,23)/p+1/b8-7-,14-10-,18-11?. The fraction of sp³-hybridized carbons (Fsp3) is 0.176. The Labute approximate surface area is 163 Å². The van der Waals surface area contributed by atoms with Crippen molar-refractivity contribution in [3.63, 3.8) is 0 Å². The van der Waals surface area contributed by atoms with Crippen LogP contribution in [0.1, 0.15) is 12.8 Å². The molecule has 0 bridgehead atoms. The number of carboxylic acid groups (broad SMARTS) is 1. The van der Waals surface area contributed by atoms with Crippen molar-refractivity contribution in [3.8, 4) is 0 Å². The molecule has 146 valence electrons. The van der Waals surface area contributed by atoms with Crippen molar-refractivity contribution in [2.24, 2.45) is 0 Å². The predicted molar refractivity (Wildman–Crippen MR) is 101 cm³/mol. The summed E-state index contributed by atoms with van der Waals surface area (Å²) in [4.78, 5) is 45.8. The van der Waals surface area contributed by atoms with Gasteiger partial charge in [0.1, 0.15) is 5.69 Å². The number of allylic oxidation sites excluding steroid dienone is 2. The van der Waals surface area contributed by atoms with Gasteiger partial charge in [-0.15, -0.1) is 0 Å². The number of non-ortho nitro benzene ring substituents is 1. The average Bonchev–Trinajstić information content (AvgIpc) is 2.89. The van der Waals surface area contributed by atoms with Gasteiger partial charge in [0.15, 0.2) is 0 Å². The lowest BCUT2D eigenvalue weighted by Crippen LogP contribution is -2.70. The monoisotopic (exact) mass is 405 g/mol. The summed E-state index contributed by atoms with van der Waals surface area (Å²) in [5.74, 6) is -1.54. The maximum absolute atomic E-state index is 12.2. The van der Waals surface area contributed by atoms with Crippen LogP contribution in [0.15, 0.2) is 47.5 Å². The van der Waals surface area contributed by atoms with E-state index in [-0.39, 0.29) is 35.7 Å². The number of thioether (sulfide) groups is 1. The Hall–Kier alpha value is -3.31. The largest absolute Gasteiger partial charge is 0.481 e. The smallest absolute Gasteiger partial charge is 0.303 e. The molecule has 1 aliphatic heterocycles. The molecule has 1 heterocycles. The van der Waals surface area contributed by atoms with E-state index in [0.29, 0.717) is 17.4 Å². The zero-order chi connectivity index (χ0) is 20.7. The average molecular weight is 405 g/mol. The Balaban J connectivity index is 1.91. The number of nitro groups is 1. The second kappa shape index (κ2) is 9.58. The number of rotatable bonds is 9. The zero-order valence-electron chi connectivity index (χ0n) is 14.5. The van der Waals surface area contributed by atoms with Gasteiger partial charge in [-0.3, -0.25) is 34.7 Å². The van der Waals surface area contributed by atoms with Gasteiger partial charge in [0, 0.05) is 43.3 Å². The van der Waals surface area contributed by atoms with E-state index in [1.165, 1.54) is 24.3 Å². The summed E-state index contributed by atoms with van der Waals surface area (Å²) >= 11 is 0.705. The molecule has 2 rings (SSSR count). The van der Waals surface area contributed by atoms with Gasteiger partial charge in [0.25, 0.3) is 16.8 Å². The number of hydrogen-bond donors (Lipinski definition) is 3. The lowest BCUT2D eigenvalue weighted by atomic mass is 10.2. The Morgan fingerprint density at radius 3 is 2.61 bits per heavy atom. The van der Waals surface area contributed by atoms with Crippen molar-refractivity contribution in [2.75, 3.05) is 6.54 Å². The fourth-order valence-corrected chi connectivity index (χ4v) is 3.10. The number of imide groups is 1. The first-order chi connectivity index (χ1) is 13.3. The third-order valence-corrected chi connectivity index (χ3v) is 4.51. The molecule has 1 aromatic rings. The minimum Gasteiger partial charge on any atom is -0.481 e. The highest BCUT2D eigenvalue weighted by Crippen LogP contribution is 2.30. The number of quaternary nitrogens is 1. The normalized spacial score (nSPS) is 15.6. The number of aliphatic carboxylic acids is 1. The summed E-state index contributed by atoms with van der Waals surface area (Å²) in [6.45, 7) is 0.0192. The van der Waals surface area contributed by atoms with E-state index >= 15 is 0 Å². The van der Waals surface area contributed by atoms with Gasteiger partial charge < -0.3 is 10.5 Å². The molecule has 1 aromatic carbocycles. The summed E-state index contributed by atoms with van der Waals surface area (Å²) in [6.07, 6.45) is 4.26. The Morgan fingerprint density at radius 2 is 2.00 bits per heavy atom. The van der Waals surface area contributed by atoms with E-state index in [4.69, 9.17) is 10.5 Å². The Bertz CT molecular complexity index is 878. The number of hydrogen-bond acceptors (Lipinski definition) is 7. The summed E-state index contributed by atoms with van der Waals surface area (Å²) in [6, 6.07) is 5.86. The molecule has 0 aromatic heterocycles. The molecule has 1 fully saturated rings. The zero-order valence-corrected chi connectivity index (χ0v) is 15.3. The first-order valence-corrected chi connectivity index (χ1v) is 8.91. The molecule has 0 saturated carbocycles. The maximum atomic E-state index is 12.2. The molecule has 0 aliphatic carbocycles. The molecule has 2 amide bonds. The third kappa shape index (κ3) is 5.86. The van der Waals surface area contributed by atoms with Crippen molar-refractivity contribution in [1.82, 2.24) is 4.90 Å². The molecule has 0 spiro atoms. The number of nitrogens with two attached hydrogens (primary N) is 1. The van der Waals surface area contributed by atoms with Crippen LogP contribution in [0.2, 0.25) is 0 Å². The number of carbonyl (C=O) groups excluding carboxylic acids is 2. The van der Waals surface area contributed by atoms with E-state index in [1.807, 2.05) is 0 Å². The fourth-order valence-electron chi connectivity index (χ4n) is 2.24. The van der Waals surface area contributed by atoms with Crippen molar-refractivity contribution in [1.29, 1.82) is 5.41 Å². The second-order valence-electron chi connectivity index (χ2n) is 5.66. The van der Waals surface area contributed by atoms with Crippen LogP contribution < -0.4 is 5.32 Å². The van der Waals surface area contributed by atoms with Crippen LogP contribution in [0, 0.1) is 15.5 Å². The highest BCUT2D eigenvalue weighted by atomic mass is 32.2. The minimum atomic E-state index is -1.00. The van der Waals surface area contributed by atoms with Crippen molar-refractivity contribution < 1.29 is 29.7 Å². The van der Waals surface area contributed by atoms with Gasteiger partial charge in [0.05, 0.1) is 21.7 Å². The number of nitro benzene ring substituents is 1. The number of carboxylic acids is 1. The van der Waals surface area contributed by atoms with Crippen molar-refractivity contribution >= 4 is 46.0 Å². The van der Waals surface area contributed by atoms with E-state index in [0.717, 1.165) is 4.90 Å². The number of benzene rings is 1.